The van der Waals surface area contributed by atoms with E-state index in [1.54, 1.807) is 30.3 Å². The quantitative estimate of drug-likeness (QED) is 0.841. The number of aromatic nitrogens is 1. The van der Waals surface area contributed by atoms with Gasteiger partial charge >= 0.3 is 0 Å². The Morgan fingerprint density at radius 2 is 1.88 bits per heavy atom. The van der Waals surface area contributed by atoms with Gasteiger partial charge in [0.05, 0.1) is 24.5 Å². The second kappa shape index (κ2) is 8.14. The summed E-state index contributed by atoms with van der Waals surface area (Å²) < 4.78 is 10.6. The summed E-state index contributed by atoms with van der Waals surface area (Å²) in [7, 11) is 1.51. The fourth-order valence-corrected chi connectivity index (χ4v) is 2.10. The van der Waals surface area contributed by atoms with Crippen molar-refractivity contribution in [1.82, 2.24) is 4.98 Å². The number of methoxy groups -OCH3 is 1. The first-order chi connectivity index (χ1) is 11.9. The van der Waals surface area contributed by atoms with E-state index in [1.807, 2.05) is 13.8 Å². The molecule has 1 aromatic carbocycles. The molecule has 0 aliphatic rings. The van der Waals surface area contributed by atoms with Gasteiger partial charge in [0, 0.05) is 24.9 Å². The number of benzene rings is 1. The summed E-state index contributed by atoms with van der Waals surface area (Å²) in [6.45, 7) is 5.20. The molecule has 132 valence electrons. The molecule has 7 nitrogen and oxygen atoms in total. The molecule has 0 atom stereocenters. The van der Waals surface area contributed by atoms with Gasteiger partial charge in [-0.25, -0.2) is 4.98 Å². The van der Waals surface area contributed by atoms with E-state index in [0.717, 1.165) is 0 Å². The van der Waals surface area contributed by atoms with Gasteiger partial charge in [0.15, 0.2) is 0 Å². The van der Waals surface area contributed by atoms with Crippen molar-refractivity contribution in [2.45, 2.75) is 26.9 Å². The zero-order chi connectivity index (χ0) is 18.4. The van der Waals surface area contributed by atoms with Crippen LogP contribution in [-0.2, 0) is 4.79 Å². The Bertz CT molecular complexity index is 757. The zero-order valence-corrected chi connectivity index (χ0v) is 14.6. The summed E-state index contributed by atoms with van der Waals surface area (Å²) in [6, 6.07) is 8.26. The first-order valence-electron chi connectivity index (χ1n) is 7.78. The molecule has 25 heavy (non-hydrogen) atoms. The van der Waals surface area contributed by atoms with Crippen LogP contribution in [0.2, 0.25) is 0 Å². The third kappa shape index (κ3) is 5.20. The molecule has 0 spiro atoms. The van der Waals surface area contributed by atoms with Gasteiger partial charge in [-0.3, -0.25) is 9.59 Å². The molecule has 0 radical (unpaired) electrons. The van der Waals surface area contributed by atoms with E-state index < -0.39 is 0 Å². The van der Waals surface area contributed by atoms with Crippen molar-refractivity contribution in [3.63, 3.8) is 0 Å². The summed E-state index contributed by atoms with van der Waals surface area (Å²) in [5.41, 5.74) is 1.40. The fourth-order valence-electron chi connectivity index (χ4n) is 2.10. The monoisotopic (exact) mass is 343 g/mol. The van der Waals surface area contributed by atoms with Gasteiger partial charge in [-0.1, -0.05) is 0 Å². The van der Waals surface area contributed by atoms with Crippen molar-refractivity contribution in [2.75, 3.05) is 17.7 Å². The van der Waals surface area contributed by atoms with Crippen LogP contribution in [0.4, 0.5) is 11.4 Å². The van der Waals surface area contributed by atoms with Crippen molar-refractivity contribution < 1.29 is 19.1 Å². The minimum absolute atomic E-state index is 0.0127. The van der Waals surface area contributed by atoms with Crippen LogP contribution < -0.4 is 20.1 Å². The highest BCUT2D eigenvalue weighted by molar-refractivity contribution is 6.04. The summed E-state index contributed by atoms with van der Waals surface area (Å²) >= 11 is 0. The maximum Gasteiger partial charge on any atom is 0.257 e. The number of nitrogens with zero attached hydrogens (tertiary/aromatic N) is 1. The summed E-state index contributed by atoms with van der Waals surface area (Å²) in [5, 5.41) is 5.42. The molecule has 2 rings (SSSR count). The predicted octanol–water partition coefficient (Wildman–Crippen LogP) is 3.09. The van der Waals surface area contributed by atoms with Crippen LogP contribution in [0.5, 0.6) is 11.6 Å². The van der Waals surface area contributed by atoms with Crippen LogP contribution >= 0.6 is 0 Å². The first-order valence-corrected chi connectivity index (χ1v) is 7.78. The number of carbonyl (C=O) groups excluding carboxylic acids is 2. The molecule has 0 unspecified atom stereocenters. The Labute approximate surface area is 146 Å². The Kier molecular flexibility index (Phi) is 5.94. The molecule has 0 aliphatic heterocycles. The Balaban J connectivity index is 2.13. The SMILES string of the molecule is COc1ccc(NC(=O)c2ccc(OC(C)C)nc2)cc1NC(C)=O. The van der Waals surface area contributed by atoms with E-state index >= 15 is 0 Å². The lowest BCUT2D eigenvalue weighted by Crippen LogP contribution is -2.14. The average molecular weight is 343 g/mol. The standard InChI is InChI=1S/C18H21N3O4/c1-11(2)25-17-8-5-13(10-19-17)18(23)21-14-6-7-16(24-4)15(9-14)20-12(3)22/h5-11H,1-4H3,(H,20,22)(H,21,23). The van der Waals surface area contributed by atoms with Gasteiger partial charge in [-0.2, -0.15) is 0 Å². The average Bonchev–Trinajstić information content (AvgIpc) is 2.54. The third-order valence-corrected chi connectivity index (χ3v) is 3.12. The van der Waals surface area contributed by atoms with Crippen LogP contribution in [0.15, 0.2) is 36.5 Å². The molecule has 0 saturated heterocycles. The molecule has 7 heteroatoms. The zero-order valence-electron chi connectivity index (χ0n) is 14.6. The van der Waals surface area contributed by atoms with Gasteiger partial charge in [-0.05, 0) is 38.1 Å². The lowest BCUT2D eigenvalue weighted by molar-refractivity contribution is -0.114. The highest BCUT2D eigenvalue weighted by Gasteiger charge is 2.11. The maximum atomic E-state index is 12.3. The van der Waals surface area contributed by atoms with Gasteiger partial charge in [0.2, 0.25) is 11.8 Å². The van der Waals surface area contributed by atoms with Crippen molar-refractivity contribution in [2.24, 2.45) is 0 Å². The highest BCUT2D eigenvalue weighted by atomic mass is 16.5. The van der Waals surface area contributed by atoms with Crippen molar-refractivity contribution in [3.8, 4) is 11.6 Å². The van der Waals surface area contributed by atoms with Gasteiger partial charge in [0.25, 0.3) is 5.91 Å². The topological polar surface area (TPSA) is 89.6 Å². The van der Waals surface area contributed by atoms with E-state index in [-0.39, 0.29) is 17.9 Å². The summed E-state index contributed by atoms with van der Waals surface area (Å²) in [6.07, 6.45) is 1.46. The Hall–Kier alpha value is -3.09. The Morgan fingerprint density at radius 3 is 2.44 bits per heavy atom. The molecule has 2 amide bonds. The molecular weight excluding hydrogens is 322 g/mol. The van der Waals surface area contributed by atoms with E-state index in [0.29, 0.717) is 28.6 Å². The largest absolute Gasteiger partial charge is 0.495 e. The number of nitrogens with one attached hydrogen (secondary N) is 2. The molecule has 1 heterocycles. The molecule has 2 N–H and O–H groups in total. The van der Waals surface area contributed by atoms with Crippen LogP contribution in [0.1, 0.15) is 31.1 Å². The van der Waals surface area contributed by atoms with E-state index in [2.05, 4.69) is 15.6 Å². The van der Waals surface area contributed by atoms with E-state index in [1.165, 1.54) is 20.2 Å². The van der Waals surface area contributed by atoms with Gasteiger partial charge < -0.3 is 20.1 Å². The summed E-state index contributed by atoms with van der Waals surface area (Å²) in [4.78, 5) is 27.7. The summed E-state index contributed by atoms with van der Waals surface area (Å²) in [5.74, 6) is 0.420. The minimum atomic E-state index is -0.317. The van der Waals surface area contributed by atoms with Crippen molar-refractivity contribution in [1.29, 1.82) is 0 Å². The molecule has 0 aliphatic carbocycles. The number of rotatable bonds is 6. The maximum absolute atomic E-state index is 12.3. The van der Waals surface area contributed by atoms with Gasteiger partial charge in [0.1, 0.15) is 5.75 Å². The minimum Gasteiger partial charge on any atom is -0.495 e. The third-order valence-electron chi connectivity index (χ3n) is 3.12. The number of ether oxygens (including phenoxy) is 2. The van der Waals surface area contributed by atoms with Crippen molar-refractivity contribution in [3.05, 3.63) is 42.1 Å². The highest BCUT2D eigenvalue weighted by Crippen LogP contribution is 2.28. The lowest BCUT2D eigenvalue weighted by Gasteiger charge is -2.12. The molecule has 0 saturated carbocycles. The van der Waals surface area contributed by atoms with E-state index in [9.17, 15) is 9.59 Å². The smallest absolute Gasteiger partial charge is 0.257 e. The van der Waals surface area contributed by atoms with Crippen molar-refractivity contribution >= 4 is 23.2 Å². The molecule has 0 fully saturated rings. The van der Waals surface area contributed by atoms with Crippen LogP contribution in [0, 0.1) is 0 Å². The van der Waals surface area contributed by atoms with Crippen LogP contribution in [0.3, 0.4) is 0 Å². The number of hydrogen-bond acceptors (Lipinski definition) is 5. The van der Waals surface area contributed by atoms with E-state index in [4.69, 9.17) is 9.47 Å². The number of amides is 2. The Morgan fingerprint density at radius 1 is 1.12 bits per heavy atom. The second-order valence-corrected chi connectivity index (χ2v) is 5.60. The number of hydrogen-bond donors (Lipinski definition) is 2. The predicted molar refractivity (Wildman–Crippen MR) is 95.3 cm³/mol. The van der Waals surface area contributed by atoms with Crippen LogP contribution in [0.25, 0.3) is 0 Å². The number of carbonyl (C=O) groups is 2. The normalized spacial score (nSPS) is 10.3. The van der Waals surface area contributed by atoms with Gasteiger partial charge in [-0.15, -0.1) is 0 Å². The molecular formula is C18H21N3O4. The molecule has 0 bridgehead atoms. The second-order valence-electron chi connectivity index (χ2n) is 5.60. The number of anilines is 2. The number of pyridine rings is 1. The molecule has 1 aromatic heterocycles. The fraction of sp³-hybridized carbons (Fsp3) is 0.278. The lowest BCUT2D eigenvalue weighted by atomic mass is 10.2. The van der Waals surface area contributed by atoms with Crippen LogP contribution in [-0.4, -0.2) is 30.0 Å². The first kappa shape index (κ1) is 18.3. The molecule has 2 aromatic rings.